The minimum atomic E-state index is -0.958. The van der Waals surface area contributed by atoms with Crippen molar-refractivity contribution in [2.24, 2.45) is 0 Å². The lowest BCUT2D eigenvalue weighted by Gasteiger charge is -2.15. The molecule has 0 aliphatic heterocycles. The number of nitrogens with one attached hydrogen (secondary N) is 1. The third-order valence-corrected chi connectivity index (χ3v) is 4.33. The quantitative estimate of drug-likeness (QED) is 0.557. The van der Waals surface area contributed by atoms with Crippen molar-refractivity contribution in [3.63, 3.8) is 0 Å². The van der Waals surface area contributed by atoms with Crippen molar-refractivity contribution >= 4 is 23.3 Å². The van der Waals surface area contributed by atoms with Gasteiger partial charge >= 0.3 is 5.97 Å². The molecule has 0 saturated heterocycles. The Hall–Kier alpha value is -3.15. The average molecular weight is 383 g/mol. The first kappa shape index (κ1) is 21.2. The van der Waals surface area contributed by atoms with Crippen molar-refractivity contribution in [1.82, 2.24) is 0 Å². The number of carbonyl (C=O) groups is 3. The van der Waals surface area contributed by atoms with Crippen LogP contribution in [0.15, 0.2) is 42.5 Å². The molecule has 0 bridgehead atoms. The van der Waals surface area contributed by atoms with Crippen LogP contribution < -0.4 is 10.1 Å². The minimum Gasteiger partial charge on any atom is -0.496 e. The van der Waals surface area contributed by atoms with Crippen LogP contribution in [0.5, 0.6) is 5.75 Å². The van der Waals surface area contributed by atoms with Crippen LogP contribution >= 0.6 is 0 Å². The van der Waals surface area contributed by atoms with E-state index in [1.165, 1.54) is 26.5 Å². The molecule has 1 atom stereocenters. The molecule has 0 saturated carbocycles. The largest absolute Gasteiger partial charge is 0.496 e. The second-order valence-electron chi connectivity index (χ2n) is 6.43. The van der Waals surface area contributed by atoms with Gasteiger partial charge in [-0.3, -0.25) is 14.4 Å². The van der Waals surface area contributed by atoms with Crippen LogP contribution in [0.25, 0.3) is 0 Å². The van der Waals surface area contributed by atoms with E-state index in [1.54, 1.807) is 18.2 Å². The molecule has 0 fully saturated rings. The molecule has 0 unspecified atom stereocenters. The zero-order valence-corrected chi connectivity index (χ0v) is 16.6. The maximum Gasteiger partial charge on any atom is 0.311 e. The van der Waals surface area contributed by atoms with Crippen molar-refractivity contribution in [3.05, 3.63) is 59.2 Å². The predicted octanol–water partition coefficient (Wildman–Crippen LogP) is 3.57. The van der Waals surface area contributed by atoms with Gasteiger partial charge in [0.1, 0.15) is 5.75 Å². The van der Waals surface area contributed by atoms with Crippen LogP contribution in [0, 0.1) is 0 Å². The first-order valence-electron chi connectivity index (χ1n) is 9.11. The van der Waals surface area contributed by atoms with Gasteiger partial charge in [0.25, 0.3) is 5.91 Å². The number of aryl methyl sites for hydroxylation is 1. The number of ketones is 1. The monoisotopic (exact) mass is 383 g/mol. The molecule has 0 heterocycles. The lowest BCUT2D eigenvalue weighted by Crippen LogP contribution is -2.30. The molecule has 6 nitrogen and oxygen atoms in total. The Kier molecular flexibility index (Phi) is 7.32. The summed E-state index contributed by atoms with van der Waals surface area (Å²) in [7, 11) is 1.48. The Labute approximate surface area is 164 Å². The minimum absolute atomic E-state index is 0.104. The number of anilines is 1. The van der Waals surface area contributed by atoms with Gasteiger partial charge in [-0.2, -0.15) is 0 Å². The number of hydrogen-bond acceptors (Lipinski definition) is 5. The maximum absolute atomic E-state index is 12.3. The standard InChI is InChI=1S/C22H25NO5/c1-5-16-6-9-19(10-7-16)23-22(26)15(3)28-21(25)13-18-12-17(14(2)24)8-11-20(18)27-4/h6-12,15H,5,13H2,1-4H3,(H,23,26)/t15-/m1/s1. The van der Waals surface area contributed by atoms with Crippen LogP contribution in [-0.2, 0) is 27.2 Å². The molecule has 0 spiro atoms. The fraction of sp³-hybridized carbons (Fsp3) is 0.318. The molecular weight excluding hydrogens is 358 g/mol. The lowest BCUT2D eigenvalue weighted by atomic mass is 10.0. The highest BCUT2D eigenvalue weighted by Crippen LogP contribution is 2.21. The fourth-order valence-electron chi connectivity index (χ4n) is 2.65. The summed E-state index contributed by atoms with van der Waals surface area (Å²) in [6.07, 6.45) is -0.149. The summed E-state index contributed by atoms with van der Waals surface area (Å²) < 4.78 is 10.5. The van der Waals surface area contributed by atoms with E-state index in [2.05, 4.69) is 12.2 Å². The molecular formula is C22H25NO5. The molecule has 1 amide bonds. The summed E-state index contributed by atoms with van der Waals surface area (Å²) in [5.74, 6) is -0.626. The first-order valence-corrected chi connectivity index (χ1v) is 9.11. The number of amides is 1. The number of Topliss-reactive ketones (excluding diaryl/α,β-unsaturated/α-hetero) is 1. The summed E-state index contributed by atoms with van der Waals surface area (Å²) in [5, 5.41) is 2.72. The summed E-state index contributed by atoms with van der Waals surface area (Å²) in [4.78, 5) is 36.1. The molecule has 0 radical (unpaired) electrons. The van der Waals surface area contributed by atoms with Crippen molar-refractivity contribution < 1.29 is 23.9 Å². The number of rotatable bonds is 8. The van der Waals surface area contributed by atoms with Crippen molar-refractivity contribution in [1.29, 1.82) is 0 Å². The number of benzene rings is 2. The van der Waals surface area contributed by atoms with Gasteiger partial charge in [-0.25, -0.2) is 0 Å². The van der Waals surface area contributed by atoms with Gasteiger partial charge < -0.3 is 14.8 Å². The normalized spacial score (nSPS) is 11.4. The van der Waals surface area contributed by atoms with E-state index >= 15 is 0 Å². The summed E-state index contributed by atoms with van der Waals surface area (Å²) in [6, 6.07) is 12.3. The Morgan fingerprint density at radius 3 is 2.32 bits per heavy atom. The van der Waals surface area contributed by atoms with E-state index in [-0.39, 0.29) is 12.2 Å². The number of hydrogen-bond donors (Lipinski definition) is 1. The van der Waals surface area contributed by atoms with Gasteiger partial charge in [-0.1, -0.05) is 19.1 Å². The molecule has 28 heavy (non-hydrogen) atoms. The van der Waals surface area contributed by atoms with E-state index in [0.29, 0.717) is 22.6 Å². The summed E-state index contributed by atoms with van der Waals surface area (Å²) >= 11 is 0. The SMILES string of the molecule is CCc1ccc(NC(=O)[C@@H](C)OC(=O)Cc2cc(C(C)=O)ccc2OC)cc1. The molecule has 6 heteroatoms. The highest BCUT2D eigenvalue weighted by molar-refractivity contribution is 5.96. The van der Waals surface area contributed by atoms with Crippen molar-refractivity contribution in [2.45, 2.75) is 39.7 Å². The zero-order chi connectivity index (χ0) is 20.7. The van der Waals surface area contributed by atoms with Crippen molar-refractivity contribution in [3.8, 4) is 5.75 Å². The van der Waals surface area contributed by atoms with Gasteiger partial charge in [0.2, 0.25) is 0 Å². The maximum atomic E-state index is 12.3. The van der Waals surface area contributed by atoms with Gasteiger partial charge in [-0.05, 0) is 56.2 Å². The number of methoxy groups -OCH3 is 1. The van der Waals surface area contributed by atoms with Crippen LogP contribution in [0.2, 0.25) is 0 Å². The van der Waals surface area contributed by atoms with E-state index in [9.17, 15) is 14.4 Å². The predicted molar refractivity (Wildman–Crippen MR) is 107 cm³/mol. The highest BCUT2D eigenvalue weighted by Gasteiger charge is 2.20. The molecule has 2 aromatic carbocycles. The highest BCUT2D eigenvalue weighted by atomic mass is 16.5. The lowest BCUT2D eigenvalue weighted by molar-refractivity contribution is -0.152. The number of esters is 1. The van der Waals surface area contributed by atoms with Crippen LogP contribution in [0.3, 0.4) is 0 Å². The third kappa shape index (κ3) is 5.67. The summed E-state index contributed by atoms with van der Waals surface area (Å²) in [5.41, 5.74) is 2.81. The molecule has 2 rings (SSSR count). The Balaban J connectivity index is 1.98. The van der Waals surface area contributed by atoms with E-state index < -0.39 is 18.0 Å². The Morgan fingerprint density at radius 2 is 1.75 bits per heavy atom. The zero-order valence-electron chi connectivity index (χ0n) is 16.6. The van der Waals surface area contributed by atoms with Gasteiger partial charge in [0, 0.05) is 16.8 Å². The van der Waals surface area contributed by atoms with E-state index in [1.807, 2.05) is 24.3 Å². The van der Waals surface area contributed by atoms with Crippen molar-refractivity contribution in [2.75, 3.05) is 12.4 Å². The third-order valence-electron chi connectivity index (χ3n) is 4.33. The molecule has 0 aliphatic rings. The molecule has 148 valence electrons. The summed E-state index contributed by atoms with van der Waals surface area (Å²) in [6.45, 7) is 5.01. The smallest absolute Gasteiger partial charge is 0.311 e. The van der Waals surface area contributed by atoms with Gasteiger partial charge in [0.15, 0.2) is 11.9 Å². The van der Waals surface area contributed by atoms with Gasteiger partial charge in [0.05, 0.1) is 13.5 Å². The van der Waals surface area contributed by atoms with Crippen LogP contribution in [0.1, 0.15) is 42.3 Å². The van der Waals surface area contributed by atoms with E-state index in [4.69, 9.17) is 9.47 Å². The topological polar surface area (TPSA) is 81.7 Å². The second kappa shape index (κ2) is 9.69. The molecule has 1 N–H and O–H groups in total. The van der Waals surface area contributed by atoms with E-state index in [0.717, 1.165) is 6.42 Å². The Morgan fingerprint density at radius 1 is 1.07 bits per heavy atom. The van der Waals surface area contributed by atoms with Crippen LogP contribution in [-0.4, -0.2) is 30.9 Å². The van der Waals surface area contributed by atoms with Crippen LogP contribution in [0.4, 0.5) is 5.69 Å². The van der Waals surface area contributed by atoms with Gasteiger partial charge in [-0.15, -0.1) is 0 Å². The number of carbonyl (C=O) groups excluding carboxylic acids is 3. The number of ether oxygens (including phenoxy) is 2. The molecule has 2 aromatic rings. The second-order valence-corrected chi connectivity index (χ2v) is 6.43. The average Bonchev–Trinajstić information content (AvgIpc) is 2.68. The molecule has 0 aromatic heterocycles. The first-order chi connectivity index (χ1) is 13.3. The fourth-order valence-corrected chi connectivity index (χ4v) is 2.65. The Bertz CT molecular complexity index is 858. The molecule has 0 aliphatic carbocycles.